The molecule has 1 aliphatic rings. The summed E-state index contributed by atoms with van der Waals surface area (Å²) in [6.07, 6.45) is 5.35. The van der Waals surface area contributed by atoms with E-state index in [-0.39, 0.29) is 5.91 Å². The monoisotopic (exact) mass is 233 g/mol. The van der Waals surface area contributed by atoms with Crippen molar-refractivity contribution in [1.29, 1.82) is 0 Å². The number of likely N-dealkylation sites (N-methyl/N-ethyl adjacent to an activating group) is 1. The maximum Gasteiger partial charge on any atom is 0.251 e. The summed E-state index contributed by atoms with van der Waals surface area (Å²) in [5.41, 5.74) is 1.35. The highest BCUT2D eigenvalue weighted by molar-refractivity contribution is 5.98. The van der Waals surface area contributed by atoms with E-state index in [2.05, 4.69) is 30.7 Å². The Hall–Kier alpha value is -1.84. The molecule has 1 amide bonds. The van der Waals surface area contributed by atoms with E-state index in [1.807, 2.05) is 11.1 Å². The third-order valence-corrected chi connectivity index (χ3v) is 2.52. The predicted molar refractivity (Wildman–Crippen MR) is 70.5 cm³/mol. The third kappa shape index (κ3) is 2.84. The summed E-state index contributed by atoms with van der Waals surface area (Å²) in [4.78, 5) is 17.6. The highest BCUT2D eigenvalue weighted by Crippen LogP contribution is 2.19. The number of amides is 1. The fraction of sp³-hybridized carbons (Fsp3) is 0.385. The van der Waals surface area contributed by atoms with Gasteiger partial charge in [0.1, 0.15) is 5.84 Å². The van der Waals surface area contributed by atoms with Crippen molar-refractivity contribution in [3.8, 4) is 0 Å². The molecule has 0 aliphatic carbocycles. The fourth-order valence-electron chi connectivity index (χ4n) is 1.70. The molecule has 0 saturated heterocycles. The number of allylic oxidation sites excluding steroid dienone is 1. The minimum Gasteiger partial charge on any atom is -0.355 e. The quantitative estimate of drug-likeness (QED) is 0.582. The molecule has 0 bridgehead atoms. The number of nitrogens with one attached hydrogen (secondary N) is 1. The molecular formula is C13H19N3O. The van der Waals surface area contributed by atoms with Gasteiger partial charge in [-0.05, 0) is 12.2 Å². The van der Waals surface area contributed by atoms with Crippen molar-refractivity contribution in [2.24, 2.45) is 10.9 Å². The first kappa shape index (κ1) is 13.2. The summed E-state index contributed by atoms with van der Waals surface area (Å²) < 4.78 is 0. The number of carbonyl (C=O) groups is 1. The van der Waals surface area contributed by atoms with Crippen LogP contribution in [0.25, 0.3) is 0 Å². The van der Waals surface area contributed by atoms with E-state index in [0.29, 0.717) is 11.5 Å². The van der Waals surface area contributed by atoms with E-state index in [1.54, 1.807) is 26.2 Å². The van der Waals surface area contributed by atoms with E-state index >= 15 is 0 Å². The van der Waals surface area contributed by atoms with Crippen molar-refractivity contribution in [1.82, 2.24) is 10.2 Å². The van der Waals surface area contributed by atoms with Crippen molar-refractivity contribution in [3.63, 3.8) is 0 Å². The van der Waals surface area contributed by atoms with E-state index in [9.17, 15) is 4.79 Å². The Balaban J connectivity index is 2.94. The van der Waals surface area contributed by atoms with Gasteiger partial charge in [-0.2, -0.15) is 0 Å². The normalized spacial score (nSPS) is 16.3. The molecule has 1 rings (SSSR count). The van der Waals surface area contributed by atoms with Crippen molar-refractivity contribution in [2.45, 2.75) is 13.8 Å². The second-order valence-corrected chi connectivity index (χ2v) is 4.09. The Kier molecular flexibility index (Phi) is 4.26. The first-order valence-corrected chi connectivity index (χ1v) is 5.58. The standard InChI is InChI=1S/C13H19N3O/c1-9(2)12(14-4)16-7-6-11(8-10(16)3)13(17)15-5/h6-9H,3H2,1-2,4-5H3,(H,15,17). The smallest absolute Gasteiger partial charge is 0.251 e. The van der Waals surface area contributed by atoms with Crippen LogP contribution >= 0.6 is 0 Å². The van der Waals surface area contributed by atoms with Gasteiger partial charge in [0.15, 0.2) is 0 Å². The van der Waals surface area contributed by atoms with Crippen LogP contribution in [0.15, 0.2) is 41.2 Å². The van der Waals surface area contributed by atoms with E-state index < -0.39 is 0 Å². The van der Waals surface area contributed by atoms with Crippen LogP contribution in [0.4, 0.5) is 0 Å². The van der Waals surface area contributed by atoms with Crippen LogP contribution < -0.4 is 5.32 Å². The zero-order valence-corrected chi connectivity index (χ0v) is 10.8. The molecule has 1 aliphatic heterocycles. The predicted octanol–water partition coefficient (Wildman–Crippen LogP) is 1.69. The summed E-state index contributed by atoms with van der Waals surface area (Å²) in [5.74, 6) is 1.12. The average molecular weight is 233 g/mol. The second kappa shape index (κ2) is 5.48. The van der Waals surface area contributed by atoms with Gasteiger partial charge in [-0.15, -0.1) is 0 Å². The van der Waals surface area contributed by atoms with Crippen molar-refractivity contribution >= 4 is 11.7 Å². The maximum atomic E-state index is 11.5. The molecule has 0 fully saturated rings. The second-order valence-electron chi connectivity index (χ2n) is 4.09. The van der Waals surface area contributed by atoms with Crippen LogP contribution in [0, 0.1) is 5.92 Å². The number of aliphatic imine (C=N–C) groups is 1. The lowest BCUT2D eigenvalue weighted by atomic mass is 10.1. The topological polar surface area (TPSA) is 44.7 Å². The lowest BCUT2D eigenvalue weighted by Crippen LogP contribution is -2.31. The number of rotatable bonds is 2. The van der Waals surface area contributed by atoms with Gasteiger partial charge in [-0.1, -0.05) is 20.4 Å². The summed E-state index contributed by atoms with van der Waals surface area (Å²) >= 11 is 0. The fourth-order valence-corrected chi connectivity index (χ4v) is 1.70. The molecule has 92 valence electrons. The van der Waals surface area contributed by atoms with Gasteiger partial charge in [-0.3, -0.25) is 9.79 Å². The third-order valence-electron chi connectivity index (χ3n) is 2.52. The number of hydrogen-bond donors (Lipinski definition) is 1. The van der Waals surface area contributed by atoms with Gasteiger partial charge in [0.2, 0.25) is 0 Å². The highest BCUT2D eigenvalue weighted by Gasteiger charge is 2.18. The van der Waals surface area contributed by atoms with Gasteiger partial charge < -0.3 is 10.2 Å². The van der Waals surface area contributed by atoms with Gasteiger partial charge >= 0.3 is 0 Å². The molecule has 0 aromatic rings. The lowest BCUT2D eigenvalue weighted by Gasteiger charge is -2.27. The van der Waals surface area contributed by atoms with Gasteiger partial charge in [0.25, 0.3) is 5.91 Å². The molecule has 0 atom stereocenters. The van der Waals surface area contributed by atoms with E-state index in [0.717, 1.165) is 11.5 Å². The Morgan fingerprint density at radius 3 is 2.59 bits per heavy atom. The van der Waals surface area contributed by atoms with E-state index in [1.165, 1.54) is 0 Å². The summed E-state index contributed by atoms with van der Waals surface area (Å²) in [7, 11) is 3.37. The van der Waals surface area contributed by atoms with Crippen LogP contribution in [-0.2, 0) is 4.79 Å². The minimum absolute atomic E-state index is 0.110. The number of hydrogen-bond acceptors (Lipinski definition) is 2. The first-order valence-electron chi connectivity index (χ1n) is 5.58. The first-order chi connectivity index (χ1) is 8.01. The van der Waals surface area contributed by atoms with Crippen LogP contribution in [0.3, 0.4) is 0 Å². The molecule has 1 heterocycles. The SMILES string of the molecule is C=C1C=C(C(=O)NC)C=CN1C(=NC)C(C)C. The molecule has 0 aromatic heterocycles. The molecule has 4 nitrogen and oxygen atoms in total. The Morgan fingerprint density at radius 1 is 1.53 bits per heavy atom. The van der Waals surface area contributed by atoms with Crippen molar-refractivity contribution in [3.05, 3.63) is 36.2 Å². The Morgan fingerprint density at radius 2 is 2.18 bits per heavy atom. The highest BCUT2D eigenvalue weighted by atomic mass is 16.1. The maximum absolute atomic E-state index is 11.5. The van der Waals surface area contributed by atoms with Crippen LogP contribution in [0.1, 0.15) is 13.8 Å². The molecule has 1 N–H and O–H groups in total. The Bertz CT molecular complexity index is 416. The van der Waals surface area contributed by atoms with Crippen molar-refractivity contribution < 1.29 is 4.79 Å². The van der Waals surface area contributed by atoms with Crippen LogP contribution in [0.2, 0.25) is 0 Å². The molecule has 0 unspecified atom stereocenters. The summed E-state index contributed by atoms with van der Waals surface area (Å²) in [6.45, 7) is 8.09. The summed E-state index contributed by atoms with van der Waals surface area (Å²) in [6, 6.07) is 0. The largest absolute Gasteiger partial charge is 0.355 e. The number of nitrogens with zero attached hydrogens (tertiary/aromatic N) is 2. The molecule has 0 spiro atoms. The average Bonchev–Trinajstić information content (AvgIpc) is 2.30. The van der Waals surface area contributed by atoms with Crippen LogP contribution in [0.5, 0.6) is 0 Å². The molecule has 4 heteroatoms. The van der Waals surface area contributed by atoms with Gasteiger partial charge in [0.05, 0.1) is 0 Å². The lowest BCUT2D eigenvalue weighted by molar-refractivity contribution is -0.116. The molecule has 0 radical (unpaired) electrons. The van der Waals surface area contributed by atoms with Crippen LogP contribution in [-0.4, -0.2) is 30.7 Å². The number of amidine groups is 1. The van der Waals surface area contributed by atoms with Gasteiger partial charge in [-0.25, -0.2) is 0 Å². The zero-order chi connectivity index (χ0) is 13.0. The number of carbonyl (C=O) groups excluding carboxylic acids is 1. The zero-order valence-electron chi connectivity index (χ0n) is 10.8. The van der Waals surface area contributed by atoms with E-state index in [4.69, 9.17) is 0 Å². The minimum atomic E-state index is -0.110. The Labute approximate surface area is 102 Å². The molecule has 17 heavy (non-hydrogen) atoms. The molecular weight excluding hydrogens is 214 g/mol. The molecule has 0 aromatic carbocycles. The van der Waals surface area contributed by atoms with Crippen molar-refractivity contribution in [2.75, 3.05) is 14.1 Å². The van der Waals surface area contributed by atoms with Gasteiger partial charge in [0, 0.05) is 37.5 Å². The molecule has 0 saturated carbocycles. The summed E-state index contributed by atoms with van der Waals surface area (Å²) in [5, 5.41) is 2.59.